The van der Waals surface area contributed by atoms with Gasteiger partial charge in [-0.05, 0) is 49.7 Å². The number of benzene rings is 2. The molecular formula is C25H28F3N3O4. The van der Waals surface area contributed by atoms with E-state index in [1.807, 2.05) is 32.0 Å². The van der Waals surface area contributed by atoms with Crippen LogP contribution in [0, 0.1) is 0 Å². The van der Waals surface area contributed by atoms with E-state index in [0.29, 0.717) is 37.7 Å². The number of carbonyl (C=O) groups excluding carboxylic acids is 2. The summed E-state index contributed by atoms with van der Waals surface area (Å²) in [5.74, 6) is 0.548. The molecular weight excluding hydrogens is 463 g/mol. The summed E-state index contributed by atoms with van der Waals surface area (Å²) >= 11 is 0. The highest BCUT2D eigenvalue weighted by molar-refractivity contribution is 5.98. The number of amides is 2. The minimum absolute atomic E-state index is 0.0820. The highest BCUT2D eigenvalue weighted by atomic mass is 19.4. The molecule has 2 aromatic rings. The maximum absolute atomic E-state index is 13.4. The molecule has 188 valence electrons. The second-order valence-corrected chi connectivity index (χ2v) is 8.53. The highest BCUT2D eigenvalue weighted by Crippen LogP contribution is 2.33. The van der Waals surface area contributed by atoms with Gasteiger partial charge in [0.25, 0.3) is 5.91 Å². The Labute approximate surface area is 202 Å². The van der Waals surface area contributed by atoms with Gasteiger partial charge in [-0.3, -0.25) is 14.5 Å². The number of nitrogens with zero attached hydrogens (tertiary/aromatic N) is 3. The van der Waals surface area contributed by atoms with Crippen molar-refractivity contribution in [2.24, 2.45) is 0 Å². The van der Waals surface area contributed by atoms with E-state index < -0.39 is 23.7 Å². The predicted octanol–water partition coefficient (Wildman–Crippen LogP) is 3.63. The maximum Gasteiger partial charge on any atom is 0.416 e. The Bertz CT molecular complexity index is 1090. The molecule has 1 saturated heterocycles. The summed E-state index contributed by atoms with van der Waals surface area (Å²) in [6, 6.07) is 9.20. The van der Waals surface area contributed by atoms with Gasteiger partial charge in [-0.1, -0.05) is 12.1 Å². The first-order valence-electron chi connectivity index (χ1n) is 11.6. The van der Waals surface area contributed by atoms with Crippen molar-refractivity contribution in [3.8, 4) is 11.5 Å². The van der Waals surface area contributed by atoms with E-state index in [9.17, 15) is 22.8 Å². The molecule has 4 rings (SSSR count). The monoisotopic (exact) mass is 491 g/mol. The molecule has 0 N–H and O–H groups in total. The second kappa shape index (κ2) is 10.2. The lowest BCUT2D eigenvalue weighted by molar-refractivity contribution is -0.138. The summed E-state index contributed by atoms with van der Waals surface area (Å²) in [6.45, 7) is 6.33. The van der Waals surface area contributed by atoms with Crippen LogP contribution in [0.4, 0.5) is 13.2 Å². The Hall–Kier alpha value is -3.27. The molecule has 1 unspecified atom stereocenters. The van der Waals surface area contributed by atoms with Crippen LogP contribution in [0.1, 0.15) is 35.3 Å². The molecule has 10 heteroatoms. The van der Waals surface area contributed by atoms with Crippen LogP contribution in [-0.4, -0.2) is 72.1 Å². The predicted molar refractivity (Wildman–Crippen MR) is 122 cm³/mol. The van der Waals surface area contributed by atoms with Crippen molar-refractivity contribution in [2.45, 2.75) is 32.6 Å². The number of alkyl halides is 3. The van der Waals surface area contributed by atoms with Crippen molar-refractivity contribution >= 4 is 11.8 Å². The molecule has 2 aromatic carbocycles. The molecule has 35 heavy (non-hydrogen) atoms. The zero-order valence-corrected chi connectivity index (χ0v) is 19.7. The number of rotatable bonds is 6. The van der Waals surface area contributed by atoms with Crippen LogP contribution in [0.5, 0.6) is 11.5 Å². The number of fused-ring (bicyclic) bond motifs is 1. The van der Waals surface area contributed by atoms with Crippen molar-refractivity contribution in [3.05, 3.63) is 59.2 Å². The standard InChI is InChI=1S/C25H28F3N3O4/c1-3-30(4-2)24(33)20-15-29(14-17-8-9-21-22(12-17)35-16-34-21)10-11-31(20)23(32)18-6-5-7-19(13-18)25(26,27)28/h5-9,12-13,20H,3-4,10-11,14-16H2,1-2H3. The first-order chi connectivity index (χ1) is 16.7. The third-order valence-electron chi connectivity index (χ3n) is 6.37. The molecule has 1 atom stereocenters. The van der Waals surface area contributed by atoms with Gasteiger partial charge in [0, 0.05) is 44.8 Å². The Balaban J connectivity index is 1.56. The Morgan fingerprint density at radius 1 is 1.03 bits per heavy atom. The molecule has 0 radical (unpaired) electrons. The lowest BCUT2D eigenvalue weighted by Gasteiger charge is -2.42. The summed E-state index contributed by atoms with van der Waals surface area (Å²) < 4.78 is 50.4. The number of ether oxygens (including phenoxy) is 2. The minimum atomic E-state index is -4.56. The van der Waals surface area contributed by atoms with E-state index in [0.717, 1.165) is 17.7 Å². The molecule has 1 fully saturated rings. The third kappa shape index (κ3) is 5.37. The molecule has 0 saturated carbocycles. The normalized spacial score (nSPS) is 18.0. The third-order valence-corrected chi connectivity index (χ3v) is 6.37. The molecule has 2 amide bonds. The summed E-state index contributed by atoms with van der Waals surface area (Å²) in [6.07, 6.45) is -4.56. The van der Waals surface area contributed by atoms with Crippen LogP contribution >= 0.6 is 0 Å². The van der Waals surface area contributed by atoms with E-state index in [4.69, 9.17) is 9.47 Å². The smallest absolute Gasteiger partial charge is 0.416 e. The molecule has 0 spiro atoms. The van der Waals surface area contributed by atoms with Crippen molar-refractivity contribution in [3.63, 3.8) is 0 Å². The van der Waals surface area contributed by atoms with Crippen LogP contribution in [0.3, 0.4) is 0 Å². The zero-order chi connectivity index (χ0) is 25.2. The fourth-order valence-corrected chi connectivity index (χ4v) is 4.48. The average Bonchev–Trinajstić information content (AvgIpc) is 3.32. The summed E-state index contributed by atoms with van der Waals surface area (Å²) in [5.41, 5.74) is -0.00116. The van der Waals surface area contributed by atoms with Crippen LogP contribution in [-0.2, 0) is 17.5 Å². The van der Waals surface area contributed by atoms with Crippen LogP contribution in [0.15, 0.2) is 42.5 Å². The van der Waals surface area contributed by atoms with E-state index in [1.54, 1.807) is 4.90 Å². The number of hydrogen-bond acceptors (Lipinski definition) is 5. The van der Waals surface area contributed by atoms with Gasteiger partial charge in [0.2, 0.25) is 12.7 Å². The average molecular weight is 492 g/mol. The molecule has 0 bridgehead atoms. The Morgan fingerprint density at radius 3 is 2.49 bits per heavy atom. The van der Waals surface area contributed by atoms with Crippen molar-refractivity contribution in [1.29, 1.82) is 0 Å². The number of likely N-dealkylation sites (N-methyl/N-ethyl adjacent to an activating group) is 1. The number of piperazine rings is 1. The van der Waals surface area contributed by atoms with E-state index in [1.165, 1.54) is 17.0 Å². The van der Waals surface area contributed by atoms with Gasteiger partial charge < -0.3 is 19.3 Å². The number of hydrogen-bond donors (Lipinski definition) is 0. The Kier molecular flexibility index (Phi) is 7.20. The van der Waals surface area contributed by atoms with E-state index >= 15 is 0 Å². The minimum Gasteiger partial charge on any atom is -0.454 e. The lowest BCUT2D eigenvalue weighted by Crippen LogP contribution is -2.60. The van der Waals surface area contributed by atoms with Crippen molar-refractivity contribution < 1.29 is 32.2 Å². The summed E-state index contributed by atoms with van der Waals surface area (Å²) in [5, 5.41) is 0. The SMILES string of the molecule is CCN(CC)C(=O)C1CN(Cc2ccc3c(c2)OCO3)CCN1C(=O)c1cccc(C(F)(F)F)c1. The summed E-state index contributed by atoms with van der Waals surface area (Å²) in [4.78, 5) is 31.8. The van der Waals surface area contributed by atoms with Crippen LogP contribution in [0.2, 0.25) is 0 Å². The van der Waals surface area contributed by atoms with Crippen molar-refractivity contribution in [2.75, 3.05) is 39.5 Å². The van der Waals surface area contributed by atoms with Gasteiger partial charge in [-0.2, -0.15) is 13.2 Å². The van der Waals surface area contributed by atoms with Gasteiger partial charge in [0.05, 0.1) is 5.56 Å². The molecule has 0 aliphatic carbocycles. The Morgan fingerprint density at radius 2 is 1.77 bits per heavy atom. The topological polar surface area (TPSA) is 62.3 Å². The first kappa shape index (κ1) is 24.8. The first-order valence-corrected chi connectivity index (χ1v) is 11.6. The van der Waals surface area contributed by atoms with Crippen LogP contribution < -0.4 is 9.47 Å². The molecule has 0 aromatic heterocycles. The number of halogens is 3. The van der Waals surface area contributed by atoms with E-state index in [2.05, 4.69) is 4.90 Å². The molecule has 2 aliphatic heterocycles. The molecule has 7 nitrogen and oxygen atoms in total. The fourth-order valence-electron chi connectivity index (χ4n) is 4.48. The molecule has 2 heterocycles. The lowest BCUT2D eigenvalue weighted by atomic mass is 10.0. The van der Waals surface area contributed by atoms with Gasteiger partial charge in [0.15, 0.2) is 11.5 Å². The second-order valence-electron chi connectivity index (χ2n) is 8.53. The van der Waals surface area contributed by atoms with Gasteiger partial charge in [-0.25, -0.2) is 0 Å². The molecule has 2 aliphatic rings. The summed E-state index contributed by atoms with van der Waals surface area (Å²) in [7, 11) is 0. The van der Waals surface area contributed by atoms with Gasteiger partial charge in [-0.15, -0.1) is 0 Å². The van der Waals surface area contributed by atoms with Gasteiger partial charge in [0.1, 0.15) is 6.04 Å². The number of carbonyl (C=O) groups is 2. The highest BCUT2D eigenvalue weighted by Gasteiger charge is 2.38. The van der Waals surface area contributed by atoms with Crippen molar-refractivity contribution in [1.82, 2.24) is 14.7 Å². The maximum atomic E-state index is 13.4. The fraction of sp³-hybridized carbons (Fsp3) is 0.440. The zero-order valence-electron chi connectivity index (χ0n) is 19.7. The van der Waals surface area contributed by atoms with E-state index in [-0.39, 0.29) is 31.4 Å². The quantitative estimate of drug-likeness (QED) is 0.618. The van der Waals surface area contributed by atoms with Gasteiger partial charge >= 0.3 is 6.18 Å². The van der Waals surface area contributed by atoms with Crippen LogP contribution in [0.25, 0.3) is 0 Å². The largest absolute Gasteiger partial charge is 0.454 e.